The molecule has 0 aromatic carbocycles. The predicted molar refractivity (Wildman–Crippen MR) is 63.1 cm³/mol. The maximum Gasteiger partial charge on any atom is 0.288 e. The van der Waals surface area contributed by atoms with Gasteiger partial charge in [-0.1, -0.05) is 25.3 Å². The number of allylic oxidation sites excluding steroid dienone is 1. The zero-order chi connectivity index (χ0) is 12.9. The molecule has 0 bridgehead atoms. The van der Waals surface area contributed by atoms with Crippen molar-refractivity contribution in [2.45, 2.75) is 38.5 Å². The molecule has 0 aromatic heterocycles. The Balaban J connectivity index is 3.57. The third-order valence-corrected chi connectivity index (χ3v) is 2.14. The zero-order valence-corrected chi connectivity index (χ0v) is 9.71. The third-order valence-electron chi connectivity index (χ3n) is 2.14. The van der Waals surface area contributed by atoms with Gasteiger partial charge in [0.2, 0.25) is 5.78 Å². The van der Waals surface area contributed by atoms with Gasteiger partial charge in [0.25, 0.3) is 5.91 Å². The number of aliphatic hydroxyl groups is 1. The highest BCUT2D eigenvalue weighted by atomic mass is 16.3. The second kappa shape index (κ2) is 10.9. The highest BCUT2D eigenvalue weighted by molar-refractivity contribution is 6.40. The van der Waals surface area contributed by atoms with Gasteiger partial charge < -0.3 is 5.11 Å². The number of ketones is 1. The van der Waals surface area contributed by atoms with Crippen LogP contribution in [0.3, 0.4) is 0 Å². The second-order valence-corrected chi connectivity index (χ2v) is 3.54. The van der Waals surface area contributed by atoms with Gasteiger partial charge >= 0.3 is 0 Å². The van der Waals surface area contributed by atoms with E-state index in [1.54, 1.807) is 6.08 Å². The summed E-state index contributed by atoms with van der Waals surface area (Å²) in [7, 11) is 0. The van der Waals surface area contributed by atoms with Crippen molar-refractivity contribution in [3.63, 3.8) is 0 Å². The van der Waals surface area contributed by atoms with E-state index in [0.717, 1.165) is 38.2 Å². The minimum atomic E-state index is -1.08. The molecular formula is C11H17N3O3. The average Bonchev–Trinajstić information content (AvgIpc) is 2.32. The number of unbranched alkanes of at least 4 members (excludes halogenated alkanes) is 5. The third kappa shape index (κ3) is 9.29. The summed E-state index contributed by atoms with van der Waals surface area (Å²) in [6.07, 6.45) is 8.33. The van der Waals surface area contributed by atoms with Crippen molar-refractivity contribution >= 4 is 11.7 Å². The van der Waals surface area contributed by atoms with Crippen LogP contribution in [0.1, 0.15) is 38.5 Å². The quantitative estimate of drug-likeness (QED) is 0.167. The van der Waals surface area contributed by atoms with Gasteiger partial charge in [-0.05, 0) is 36.0 Å². The maximum absolute atomic E-state index is 11.0. The number of amides is 1. The Morgan fingerprint density at radius 1 is 1.18 bits per heavy atom. The highest BCUT2D eigenvalue weighted by Gasteiger charge is 2.05. The van der Waals surface area contributed by atoms with Gasteiger partial charge in [-0.2, -0.15) is 0 Å². The Hall–Kier alpha value is -1.65. The SMILES string of the molecule is [N-]=[N+]=NC(=O)C(=O)/C=C/CCCCCCCO. The molecule has 6 heteroatoms. The molecule has 0 aliphatic rings. The number of nitrogens with zero attached hydrogens (tertiary/aromatic N) is 3. The minimum Gasteiger partial charge on any atom is -0.396 e. The number of aliphatic hydroxyl groups excluding tert-OH is 1. The molecule has 0 unspecified atom stereocenters. The van der Waals surface area contributed by atoms with Crippen LogP contribution in [0.4, 0.5) is 0 Å². The van der Waals surface area contributed by atoms with Crippen LogP contribution in [0, 0.1) is 0 Å². The maximum atomic E-state index is 11.0. The molecule has 0 heterocycles. The largest absolute Gasteiger partial charge is 0.396 e. The Labute approximate surface area is 100.0 Å². The summed E-state index contributed by atoms with van der Waals surface area (Å²) in [5, 5.41) is 11.2. The first-order valence-electron chi connectivity index (χ1n) is 5.63. The van der Waals surface area contributed by atoms with Crippen LogP contribution < -0.4 is 0 Å². The molecule has 6 nitrogen and oxygen atoms in total. The van der Waals surface area contributed by atoms with Gasteiger partial charge in [0.1, 0.15) is 0 Å². The van der Waals surface area contributed by atoms with Gasteiger partial charge in [-0.3, -0.25) is 9.59 Å². The van der Waals surface area contributed by atoms with E-state index in [2.05, 4.69) is 10.0 Å². The van der Waals surface area contributed by atoms with Crippen LogP contribution in [0.15, 0.2) is 17.3 Å². The molecule has 0 saturated heterocycles. The lowest BCUT2D eigenvalue weighted by Crippen LogP contribution is -2.05. The summed E-state index contributed by atoms with van der Waals surface area (Å²) in [5.74, 6) is -1.87. The average molecular weight is 239 g/mol. The van der Waals surface area contributed by atoms with Gasteiger partial charge in [0, 0.05) is 11.5 Å². The van der Waals surface area contributed by atoms with Crippen molar-refractivity contribution in [1.82, 2.24) is 0 Å². The van der Waals surface area contributed by atoms with Crippen molar-refractivity contribution in [3.8, 4) is 0 Å². The van der Waals surface area contributed by atoms with Gasteiger partial charge in [-0.15, -0.1) is 0 Å². The van der Waals surface area contributed by atoms with Crippen LogP contribution in [0.5, 0.6) is 0 Å². The van der Waals surface area contributed by atoms with Crippen molar-refractivity contribution in [2.24, 2.45) is 5.11 Å². The normalized spacial score (nSPS) is 10.2. The summed E-state index contributed by atoms with van der Waals surface area (Å²) in [4.78, 5) is 24.0. The number of carbonyl (C=O) groups is 2. The van der Waals surface area contributed by atoms with Gasteiger partial charge in [0.15, 0.2) is 0 Å². The van der Waals surface area contributed by atoms with E-state index < -0.39 is 11.7 Å². The molecule has 0 spiro atoms. The van der Waals surface area contributed by atoms with Crippen molar-refractivity contribution < 1.29 is 14.7 Å². The Kier molecular flexibility index (Phi) is 9.80. The lowest BCUT2D eigenvalue weighted by molar-refractivity contribution is -0.133. The van der Waals surface area contributed by atoms with Crippen LogP contribution >= 0.6 is 0 Å². The van der Waals surface area contributed by atoms with Gasteiger partial charge in [-0.25, -0.2) is 0 Å². The molecule has 0 aliphatic heterocycles. The molecule has 0 radical (unpaired) electrons. The van der Waals surface area contributed by atoms with Crippen LogP contribution in [-0.4, -0.2) is 23.4 Å². The van der Waals surface area contributed by atoms with Crippen LogP contribution in [0.25, 0.3) is 10.4 Å². The topological polar surface area (TPSA) is 103 Å². The summed E-state index contributed by atoms with van der Waals surface area (Å²) in [6, 6.07) is 0. The fourth-order valence-corrected chi connectivity index (χ4v) is 1.26. The first-order chi connectivity index (χ1) is 8.22. The van der Waals surface area contributed by atoms with E-state index in [0.29, 0.717) is 6.42 Å². The number of rotatable bonds is 9. The fraction of sp³-hybridized carbons (Fsp3) is 0.636. The lowest BCUT2D eigenvalue weighted by Gasteiger charge is -1.97. The standard InChI is InChI=1S/C11H17N3O3/c12-14-13-11(17)10(16)8-6-4-2-1-3-5-7-9-15/h6,8,15H,1-5,7,9H2/b8-6+. The molecular weight excluding hydrogens is 222 g/mol. The number of carbonyl (C=O) groups excluding carboxylic acids is 2. The van der Waals surface area contributed by atoms with Gasteiger partial charge in [0.05, 0.1) is 0 Å². The second-order valence-electron chi connectivity index (χ2n) is 3.54. The number of hydrogen-bond donors (Lipinski definition) is 1. The fourth-order valence-electron chi connectivity index (χ4n) is 1.26. The Bertz CT molecular complexity index is 320. The van der Waals surface area contributed by atoms with E-state index >= 15 is 0 Å². The predicted octanol–water partition coefficient (Wildman–Crippen LogP) is 2.28. The molecule has 0 fully saturated rings. The first kappa shape index (κ1) is 15.3. The van der Waals surface area contributed by atoms with E-state index in [-0.39, 0.29) is 6.61 Å². The van der Waals surface area contributed by atoms with E-state index in [1.807, 2.05) is 0 Å². The molecule has 0 atom stereocenters. The smallest absolute Gasteiger partial charge is 0.288 e. The summed E-state index contributed by atoms with van der Waals surface area (Å²) < 4.78 is 0. The number of azide groups is 1. The van der Waals surface area contributed by atoms with E-state index in [9.17, 15) is 9.59 Å². The summed E-state index contributed by atoms with van der Waals surface area (Å²) >= 11 is 0. The summed E-state index contributed by atoms with van der Waals surface area (Å²) in [6.45, 7) is 0.232. The molecule has 17 heavy (non-hydrogen) atoms. The van der Waals surface area contributed by atoms with E-state index in [4.69, 9.17) is 10.6 Å². The zero-order valence-electron chi connectivity index (χ0n) is 9.71. The van der Waals surface area contributed by atoms with Crippen molar-refractivity contribution in [2.75, 3.05) is 6.61 Å². The van der Waals surface area contributed by atoms with Crippen LogP contribution in [0.2, 0.25) is 0 Å². The monoisotopic (exact) mass is 239 g/mol. The van der Waals surface area contributed by atoms with E-state index in [1.165, 1.54) is 0 Å². The molecule has 94 valence electrons. The lowest BCUT2D eigenvalue weighted by atomic mass is 10.1. The van der Waals surface area contributed by atoms with Crippen LogP contribution in [-0.2, 0) is 9.59 Å². The Morgan fingerprint density at radius 3 is 2.47 bits per heavy atom. The van der Waals surface area contributed by atoms with Crippen molar-refractivity contribution in [1.29, 1.82) is 0 Å². The van der Waals surface area contributed by atoms with Crippen molar-refractivity contribution in [3.05, 3.63) is 22.6 Å². The number of hydrogen-bond acceptors (Lipinski definition) is 3. The molecule has 0 aromatic rings. The molecule has 0 saturated carbocycles. The highest BCUT2D eigenvalue weighted by Crippen LogP contribution is 2.05. The molecule has 0 rings (SSSR count). The molecule has 1 N–H and O–H groups in total. The molecule has 0 aliphatic carbocycles. The summed E-state index contributed by atoms with van der Waals surface area (Å²) in [5.41, 5.74) is 7.94. The minimum absolute atomic E-state index is 0.232. The Morgan fingerprint density at radius 2 is 1.82 bits per heavy atom. The molecule has 1 amide bonds. The first-order valence-corrected chi connectivity index (χ1v) is 5.63.